The molecule has 1 heterocycles. The molecule has 1 aliphatic rings. The summed E-state index contributed by atoms with van der Waals surface area (Å²) in [5, 5.41) is 0. The summed E-state index contributed by atoms with van der Waals surface area (Å²) in [6, 6.07) is 2.91. The average Bonchev–Trinajstić information content (AvgIpc) is 2.66. The molecule has 2 nitrogen and oxygen atoms in total. The number of halogens is 2. The lowest BCUT2D eigenvalue weighted by molar-refractivity contribution is -0.00259. The van der Waals surface area contributed by atoms with E-state index in [2.05, 4.69) is 0 Å². The van der Waals surface area contributed by atoms with Gasteiger partial charge in [-0.15, -0.1) is 0 Å². The molecule has 2 unspecified atom stereocenters. The normalized spacial score (nSPS) is 27.0. The van der Waals surface area contributed by atoms with Crippen LogP contribution in [0.1, 0.15) is 31.4 Å². The Hall–Kier alpha value is -1.00. The van der Waals surface area contributed by atoms with Gasteiger partial charge >= 0.3 is 0 Å². The predicted octanol–water partition coefficient (Wildman–Crippen LogP) is 2.53. The van der Waals surface area contributed by atoms with Gasteiger partial charge in [0.1, 0.15) is 11.6 Å². The topological polar surface area (TPSA) is 35.2 Å². The first-order valence-electron chi connectivity index (χ1n) is 5.37. The van der Waals surface area contributed by atoms with Gasteiger partial charge in [0.15, 0.2) is 0 Å². The SMILES string of the molecule is CC1(C(N)c2ccc(F)cc2F)CCCO1. The fourth-order valence-corrected chi connectivity index (χ4v) is 2.13. The minimum Gasteiger partial charge on any atom is -0.373 e. The largest absolute Gasteiger partial charge is 0.373 e. The van der Waals surface area contributed by atoms with Crippen LogP contribution in [0, 0.1) is 11.6 Å². The van der Waals surface area contributed by atoms with Crippen LogP contribution in [0.3, 0.4) is 0 Å². The lowest BCUT2D eigenvalue weighted by Crippen LogP contribution is -2.38. The van der Waals surface area contributed by atoms with E-state index < -0.39 is 23.3 Å². The Morgan fingerprint density at radius 2 is 2.19 bits per heavy atom. The highest BCUT2D eigenvalue weighted by Gasteiger charge is 2.38. The molecule has 0 bridgehead atoms. The molecule has 0 spiro atoms. The van der Waals surface area contributed by atoms with E-state index >= 15 is 0 Å². The first-order chi connectivity index (χ1) is 7.53. The molecule has 0 amide bonds. The van der Waals surface area contributed by atoms with Gasteiger partial charge in [0.05, 0.1) is 11.6 Å². The lowest BCUT2D eigenvalue weighted by Gasteiger charge is -2.30. The van der Waals surface area contributed by atoms with Crippen LogP contribution >= 0.6 is 0 Å². The third-order valence-electron chi connectivity index (χ3n) is 3.20. The number of hydrogen-bond acceptors (Lipinski definition) is 2. The molecule has 88 valence electrons. The maximum atomic E-state index is 13.5. The molecule has 1 aromatic rings. The first kappa shape index (κ1) is 11.5. The Kier molecular flexibility index (Phi) is 2.95. The summed E-state index contributed by atoms with van der Waals surface area (Å²) in [6.07, 6.45) is 1.72. The van der Waals surface area contributed by atoms with E-state index in [1.54, 1.807) is 0 Å². The summed E-state index contributed by atoms with van der Waals surface area (Å²) in [5.41, 5.74) is 5.77. The minimum atomic E-state index is -0.607. The molecule has 1 saturated heterocycles. The highest BCUT2D eigenvalue weighted by atomic mass is 19.1. The summed E-state index contributed by atoms with van der Waals surface area (Å²) >= 11 is 0. The van der Waals surface area contributed by atoms with Crippen molar-refractivity contribution in [3.8, 4) is 0 Å². The summed E-state index contributed by atoms with van der Waals surface area (Å²) in [5.74, 6) is -1.20. The quantitative estimate of drug-likeness (QED) is 0.842. The van der Waals surface area contributed by atoms with Crippen molar-refractivity contribution < 1.29 is 13.5 Å². The maximum Gasteiger partial charge on any atom is 0.130 e. The van der Waals surface area contributed by atoms with Crippen LogP contribution in [0.15, 0.2) is 18.2 Å². The van der Waals surface area contributed by atoms with Crippen molar-refractivity contribution in [1.82, 2.24) is 0 Å². The van der Waals surface area contributed by atoms with Crippen molar-refractivity contribution in [2.45, 2.75) is 31.4 Å². The average molecular weight is 227 g/mol. The molecule has 2 atom stereocenters. The van der Waals surface area contributed by atoms with Crippen LogP contribution in [-0.4, -0.2) is 12.2 Å². The van der Waals surface area contributed by atoms with Crippen molar-refractivity contribution in [1.29, 1.82) is 0 Å². The molecule has 16 heavy (non-hydrogen) atoms. The van der Waals surface area contributed by atoms with E-state index in [4.69, 9.17) is 10.5 Å². The second kappa shape index (κ2) is 4.11. The van der Waals surface area contributed by atoms with Crippen LogP contribution in [-0.2, 0) is 4.74 Å². The predicted molar refractivity (Wildman–Crippen MR) is 56.9 cm³/mol. The smallest absolute Gasteiger partial charge is 0.130 e. The van der Waals surface area contributed by atoms with Crippen molar-refractivity contribution >= 4 is 0 Å². The maximum absolute atomic E-state index is 13.5. The molecule has 0 aliphatic carbocycles. The molecule has 4 heteroatoms. The Balaban J connectivity index is 2.29. The molecule has 0 aromatic heterocycles. The van der Waals surface area contributed by atoms with Gasteiger partial charge in [-0.1, -0.05) is 6.07 Å². The summed E-state index contributed by atoms with van der Waals surface area (Å²) in [6.45, 7) is 2.51. The summed E-state index contributed by atoms with van der Waals surface area (Å²) in [7, 11) is 0. The standard InChI is InChI=1S/C12H15F2NO/c1-12(5-2-6-16-12)11(15)9-4-3-8(13)7-10(9)14/h3-4,7,11H,2,5-6,15H2,1H3. The van der Waals surface area contributed by atoms with Gasteiger partial charge in [0.2, 0.25) is 0 Å². The molecule has 2 N–H and O–H groups in total. The fraction of sp³-hybridized carbons (Fsp3) is 0.500. The zero-order valence-electron chi connectivity index (χ0n) is 9.17. The molecular weight excluding hydrogens is 212 g/mol. The molecule has 1 fully saturated rings. The zero-order chi connectivity index (χ0) is 11.8. The van der Waals surface area contributed by atoms with Crippen molar-refractivity contribution in [2.24, 2.45) is 5.73 Å². The molecule has 0 radical (unpaired) electrons. The van der Waals surface area contributed by atoms with Gasteiger partial charge in [-0.05, 0) is 25.8 Å². The lowest BCUT2D eigenvalue weighted by atomic mass is 9.88. The zero-order valence-corrected chi connectivity index (χ0v) is 9.17. The van der Waals surface area contributed by atoms with Gasteiger partial charge in [-0.25, -0.2) is 8.78 Å². The van der Waals surface area contributed by atoms with Crippen LogP contribution in [0.5, 0.6) is 0 Å². The third kappa shape index (κ3) is 1.95. The second-order valence-electron chi connectivity index (χ2n) is 4.41. The van der Waals surface area contributed by atoms with Crippen LogP contribution in [0.4, 0.5) is 8.78 Å². The van der Waals surface area contributed by atoms with Crippen LogP contribution in [0.25, 0.3) is 0 Å². The fourth-order valence-electron chi connectivity index (χ4n) is 2.13. The van der Waals surface area contributed by atoms with Crippen molar-refractivity contribution in [2.75, 3.05) is 6.61 Å². The Morgan fingerprint density at radius 3 is 2.75 bits per heavy atom. The van der Waals surface area contributed by atoms with Gasteiger partial charge in [0, 0.05) is 18.2 Å². The monoisotopic (exact) mass is 227 g/mol. The number of nitrogens with two attached hydrogens (primary N) is 1. The third-order valence-corrected chi connectivity index (χ3v) is 3.20. The molecule has 1 aliphatic heterocycles. The number of ether oxygens (including phenoxy) is 1. The number of rotatable bonds is 2. The van der Waals surface area contributed by atoms with Gasteiger partial charge < -0.3 is 10.5 Å². The highest BCUT2D eigenvalue weighted by Crippen LogP contribution is 2.36. The number of benzene rings is 1. The summed E-state index contributed by atoms with van der Waals surface area (Å²) < 4.78 is 31.9. The van der Waals surface area contributed by atoms with Crippen LogP contribution < -0.4 is 5.73 Å². The Bertz CT molecular complexity index is 389. The van der Waals surface area contributed by atoms with E-state index in [0.29, 0.717) is 12.2 Å². The Labute approximate surface area is 93.4 Å². The molecular formula is C12H15F2NO. The second-order valence-corrected chi connectivity index (χ2v) is 4.41. The van der Waals surface area contributed by atoms with Crippen molar-refractivity contribution in [3.05, 3.63) is 35.4 Å². The summed E-state index contributed by atoms with van der Waals surface area (Å²) in [4.78, 5) is 0. The van der Waals surface area contributed by atoms with E-state index in [0.717, 1.165) is 18.9 Å². The minimum absolute atomic E-state index is 0.311. The Morgan fingerprint density at radius 1 is 1.44 bits per heavy atom. The first-order valence-corrected chi connectivity index (χ1v) is 5.37. The molecule has 1 aromatic carbocycles. The van der Waals surface area contributed by atoms with Gasteiger partial charge in [-0.2, -0.15) is 0 Å². The molecule has 0 saturated carbocycles. The van der Waals surface area contributed by atoms with Gasteiger partial charge in [0.25, 0.3) is 0 Å². The number of hydrogen-bond donors (Lipinski definition) is 1. The van der Waals surface area contributed by atoms with E-state index in [1.807, 2.05) is 6.92 Å². The van der Waals surface area contributed by atoms with Gasteiger partial charge in [-0.3, -0.25) is 0 Å². The van der Waals surface area contributed by atoms with E-state index in [-0.39, 0.29) is 0 Å². The molecule has 2 rings (SSSR count). The highest BCUT2D eigenvalue weighted by molar-refractivity contribution is 5.24. The van der Waals surface area contributed by atoms with Crippen LogP contribution in [0.2, 0.25) is 0 Å². The van der Waals surface area contributed by atoms with Crippen molar-refractivity contribution in [3.63, 3.8) is 0 Å². The van der Waals surface area contributed by atoms with E-state index in [1.165, 1.54) is 12.1 Å². The van der Waals surface area contributed by atoms with E-state index in [9.17, 15) is 8.78 Å².